The number of benzene rings is 1. The first-order valence-electron chi connectivity index (χ1n) is 7.29. The average Bonchev–Trinajstić information content (AvgIpc) is 2.55. The highest BCUT2D eigenvalue weighted by atomic mass is 32.2. The molecule has 0 saturated heterocycles. The quantitative estimate of drug-likeness (QED) is 0.470. The molecule has 0 amide bonds. The average molecular weight is 358 g/mol. The summed E-state index contributed by atoms with van der Waals surface area (Å²) < 4.78 is 15.0. The summed E-state index contributed by atoms with van der Waals surface area (Å²) in [5.41, 5.74) is 1.01. The van der Waals surface area contributed by atoms with Crippen molar-refractivity contribution in [2.75, 3.05) is 31.8 Å². The number of esters is 2. The van der Waals surface area contributed by atoms with Gasteiger partial charge in [-0.25, -0.2) is 0 Å². The van der Waals surface area contributed by atoms with Crippen LogP contribution in [0.4, 0.5) is 0 Å². The van der Waals surface area contributed by atoms with Crippen LogP contribution < -0.4 is 4.74 Å². The van der Waals surface area contributed by atoms with Crippen LogP contribution in [0.15, 0.2) is 24.3 Å². The molecule has 0 spiro atoms. The van der Waals surface area contributed by atoms with Gasteiger partial charge in [0.25, 0.3) is 0 Å². The summed E-state index contributed by atoms with van der Waals surface area (Å²) in [5.74, 6) is 0.722. The maximum Gasteiger partial charge on any atom is 0.315 e. The van der Waals surface area contributed by atoms with Gasteiger partial charge in [-0.2, -0.15) is 0 Å². The molecule has 0 N–H and O–H groups in total. The third-order valence-corrected chi connectivity index (χ3v) is 5.47. The Labute approximate surface area is 145 Å². The molecular weight excluding hydrogens is 336 g/mol. The molecule has 0 bridgehead atoms. The molecule has 128 valence electrons. The van der Waals surface area contributed by atoms with Gasteiger partial charge < -0.3 is 14.2 Å². The fraction of sp³-hybridized carbons (Fsp3) is 0.500. The molecule has 1 aromatic carbocycles. The lowest BCUT2D eigenvalue weighted by Crippen LogP contribution is -2.10. The number of methoxy groups -OCH3 is 1. The molecule has 0 aliphatic rings. The number of hydrogen-bond acceptors (Lipinski definition) is 7. The van der Waals surface area contributed by atoms with E-state index < -0.39 is 0 Å². The van der Waals surface area contributed by atoms with Gasteiger partial charge in [0.05, 0.1) is 36.4 Å². The fourth-order valence-corrected chi connectivity index (χ4v) is 3.93. The first kappa shape index (κ1) is 19.7. The molecule has 0 saturated carbocycles. The summed E-state index contributed by atoms with van der Waals surface area (Å²) in [6.07, 6.45) is 0. The molecule has 0 aromatic heterocycles. The van der Waals surface area contributed by atoms with E-state index in [2.05, 4.69) is 0 Å². The second-order valence-electron chi connectivity index (χ2n) is 4.34. The first-order chi connectivity index (χ1) is 11.1. The van der Waals surface area contributed by atoms with Crippen molar-refractivity contribution in [3.8, 4) is 5.75 Å². The Kier molecular flexibility index (Phi) is 9.63. The van der Waals surface area contributed by atoms with Crippen molar-refractivity contribution in [1.29, 1.82) is 0 Å². The molecule has 1 aromatic rings. The molecule has 0 heterocycles. The first-order valence-corrected chi connectivity index (χ1v) is 9.38. The van der Waals surface area contributed by atoms with E-state index in [-0.39, 0.29) is 28.0 Å². The molecule has 0 radical (unpaired) electrons. The predicted octanol–water partition coefficient (Wildman–Crippen LogP) is 3.29. The molecule has 0 aliphatic carbocycles. The minimum Gasteiger partial charge on any atom is -0.497 e. The van der Waals surface area contributed by atoms with E-state index in [9.17, 15) is 9.59 Å². The molecule has 0 fully saturated rings. The lowest BCUT2D eigenvalue weighted by atomic mass is 10.2. The van der Waals surface area contributed by atoms with Crippen LogP contribution in [0, 0.1) is 0 Å². The van der Waals surface area contributed by atoms with Crippen molar-refractivity contribution in [2.45, 2.75) is 18.4 Å². The number of rotatable bonds is 10. The van der Waals surface area contributed by atoms with Crippen LogP contribution in [0.2, 0.25) is 0 Å². The number of thioether (sulfide) groups is 2. The summed E-state index contributed by atoms with van der Waals surface area (Å²) in [4.78, 5) is 23.1. The van der Waals surface area contributed by atoms with Crippen LogP contribution >= 0.6 is 23.5 Å². The molecule has 0 unspecified atom stereocenters. The maximum atomic E-state index is 11.6. The topological polar surface area (TPSA) is 61.8 Å². The molecule has 0 aliphatic heterocycles. The third kappa shape index (κ3) is 7.65. The van der Waals surface area contributed by atoms with Gasteiger partial charge in [-0.05, 0) is 31.5 Å². The molecular formula is C16H22O5S2. The molecule has 7 heteroatoms. The van der Waals surface area contributed by atoms with Crippen LogP contribution in [0.1, 0.15) is 24.0 Å². The van der Waals surface area contributed by atoms with Gasteiger partial charge in [-0.3, -0.25) is 9.59 Å². The highest BCUT2D eigenvalue weighted by Gasteiger charge is 2.17. The predicted molar refractivity (Wildman–Crippen MR) is 93.9 cm³/mol. The minimum atomic E-state index is -0.257. The summed E-state index contributed by atoms with van der Waals surface area (Å²) in [7, 11) is 1.61. The minimum absolute atomic E-state index is 0.0604. The molecule has 0 atom stereocenters. The van der Waals surface area contributed by atoms with E-state index in [0.29, 0.717) is 13.2 Å². The Hall–Kier alpha value is -1.34. The zero-order valence-corrected chi connectivity index (χ0v) is 15.2. The lowest BCUT2D eigenvalue weighted by molar-refractivity contribution is -0.140. The van der Waals surface area contributed by atoms with Crippen molar-refractivity contribution >= 4 is 35.5 Å². The highest BCUT2D eigenvalue weighted by molar-refractivity contribution is 8.16. The largest absolute Gasteiger partial charge is 0.497 e. The van der Waals surface area contributed by atoms with Crippen LogP contribution in [-0.2, 0) is 19.1 Å². The van der Waals surface area contributed by atoms with Crippen molar-refractivity contribution in [3.63, 3.8) is 0 Å². The zero-order valence-electron chi connectivity index (χ0n) is 13.6. The van der Waals surface area contributed by atoms with E-state index in [4.69, 9.17) is 14.2 Å². The van der Waals surface area contributed by atoms with Crippen LogP contribution in [0.25, 0.3) is 0 Å². The van der Waals surface area contributed by atoms with Gasteiger partial charge in [0, 0.05) is 0 Å². The number of carbonyl (C=O) groups is 2. The number of ether oxygens (including phenoxy) is 3. The standard InChI is InChI=1S/C16H22O5S2/c1-4-20-14(17)10-22-16(23-11-15(18)21-5-2)12-6-8-13(19-3)9-7-12/h6-9,16H,4-5,10-11H2,1-3H3. The van der Waals surface area contributed by atoms with Crippen LogP contribution in [0.5, 0.6) is 5.75 Å². The normalized spacial score (nSPS) is 10.4. The van der Waals surface area contributed by atoms with Crippen molar-refractivity contribution in [3.05, 3.63) is 29.8 Å². The van der Waals surface area contributed by atoms with Gasteiger partial charge in [0.1, 0.15) is 5.75 Å². The van der Waals surface area contributed by atoms with E-state index >= 15 is 0 Å². The Morgan fingerprint density at radius 3 is 1.83 bits per heavy atom. The smallest absolute Gasteiger partial charge is 0.315 e. The van der Waals surface area contributed by atoms with Gasteiger partial charge in [-0.1, -0.05) is 12.1 Å². The monoisotopic (exact) mass is 358 g/mol. The summed E-state index contributed by atoms with van der Waals surface area (Å²) in [6, 6.07) is 7.58. The van der Waals surface area contributed by atoms with Gasteiger partial charge in [-0.15, -0.1) is 23.5 Å². The zero-order chi connectivity index (χ0) is 17.1. The Morgan fingerprint density at radius 2 is 1.43 bits per heavy atom. The fourth-order valence-electron chi connectivity index (χ4n) is 1.69. The second kappa shape index (κ2) is 11.2. The van der Waals surface area contributed by atoms with Crippen LogP contribution in [0.3, 0.4) is 0 Å². The Balaban J connectivity index is 2.69. The Morgan fingerprint density at radius 1 is 0.957 bits per heavy atom. The maximum absolute atomic E-state index is 11.6. The van der Waals surface area contributed by atoms with E-state index in [1.807, 2.05) is 24.3 Å². The highest BCUT2D eigenvalue weighted by Crippen LogP contribution is 2.40. The molecule has 1 rings (SSSR count). The summed E-state index contributed by atoms with van der Waals surface area (Å²) in [5, 5.41) is 0. The van der Waals surface area contributed by atoms with Crippen molar-refractivity contribution < 1.29 is 23.8 Å². The summed E-state index contributed by atoms with van der Waals surface area (Å²) in [6.45, 7) is 4.28. The van der Waals surface area contributed by atoms with Crippen molar-refractivity contribution in [2.24, 2.45) is 0 Å². The van der Waals surface area contributed by atoms with Crippen molar-refractivity contribution in [1.82, 2.24) is 0 Å². The third-order valence-electron chi connectivity index (χ3n) is 2.70. The lowest BCUT2D eigenvalue weighted by Gasteiger charge is -2.16. The second-order valence-corrected chi connectivity index (χ2v) is 6.82. The van der Waals surface area contributed by atoms with Gasteiger partial charge in [0.2, 0.25) is 0 Å². The summed E-state index contributed by atoms with van der Waals surface area (Å²) >= 11 is 2.87. The van der Waals surface area contributed by atoms with Gasteiger partial charge >= 0.3 is 11.9 Å². The van der Waals surface area contributed by atoms with E-state index in [0.717, 1.165) is 11.3 Å². The SMILES string of the molecule is CCOC(=O)CSC(SCC(=O)OCC)c1ccc(OC)cc1. The van der Waals surface area contributed by atoms with E-state index in [1.54, 1.807) is 21.0 Å². The molecule has 23 heavy (non-hydrogen) atoms. The number of hydrogen-bond donors (Lipinski definition) is 0. The Bertz CT molecular complexity index is 468. The number of carbonyl (C=O) groups excluding carboxylic acids is 2. The van der Waals surface area contributed by atoms with Gasteiger partial charge in [0.15, 0.2) is 0 Å². The van der Waals surface area contributed by atoms with Crippen LogP contribution in [-0.4, -0.2) is 43.8 Å². The van der Waals surface area contributed by atoms with E-state index in [1.165, 1.54) is 23.5 Å². The molecule has 5 nitrogen and oxygen atoms in total.